The number of nitrogens with zero attached hydrogens (tertiary/aromatic N) is 1. The van der Waals surface area contributed by atoms with Crippen LogP contribution in [0.5, 0.6) is 0 Å². The molecule has 2 heterocycles. The van der Waals surface area contributed by atoms with Gasteiger partial charge in [-0.2, -0.15) is 0 Å². The van der Waals surface area contributed by atoms with Gasteiger partial charge in [-0.05, 0) is 32.2 Å². The van der Waals surface area contributed by atoms with Gasteiger partial charge >= 0.3 is 0 Å². The van der Waals surface area contributed by atoms with Gasteiger partial charge in [0.2, 0.25) is 0 Å². The maximum Gasteiger partial charge on any atom is 0.196 e. The Balaban J connectivity index is 1.71. The largest absolute Gasteiger partial charge is 0.445 e. The lowest BCUT2D eigenvalue weighted by Gasteiger charge is -2.05. The van der Waals surface area contributed by atoms with Gasteiger partial charge in [-0.1, -0.05) is 0 Å². The van der Waals surface area contributed by atoms with E-state index in [9.17, 15) is 0 Å². The summed E-state index contributed by atoms with van der Waals surface area (Å²) in [5.41, 5.74) is 1.22. The van der Waals surface area contributed by atoms with E-state index < -0.39 is 0 Å². The first-order chi connectivity index (χ1) is 6.92. The number of fused-ring (bicyclic) bond motifs is 1. The minimum atomic E-state index is 0.605. The molecular formula is C11H16N2O. The van der Waals surface area contributed by atoms with E-state index in [0.29, 0.717) is 6.04 Å². The van der Waals surface area contributed by atoms with E-state index in [2.05, 4.69) is 10.3 Å². The van der Waals surface area contributed by atoms with Crippen molar-refractivity contribution in [1.29, 1.82) is 0 Å². The van der Waals surface area contributed by atoms with Gasteiger partial charge in [0.25, 0.3) is 0 Å². The minimum Gasteiger partial charge on any atom is -0.445 e. The smallest absolute Gasteiger partial charge is 0.196 e. The molecule has 1 N–H and O–H groups in total. The molecule has 0 amide bonds. The van der Waals surface area contributed by atoms with E-state index in [0.717, 1.165) is 37.5 Å². The van der Waals surface area contributed by atoms with E-state index >= 15 is 0 Å². The predicted octanol–water partition coefficient (Wildman–Crippen LogP) is 1.46. The minimum absolute atomic E-state index is 0.605. The van der Waals surface area contributed by atoms with Crippen molar-refractivity contribution in [3.8, 4) is 0 Å². The van der Waals surface area contributed by atoms with Crippen LogP contribution in [-0.2, 0) is 19.3 Å². The highest BCUT2D eigenvalue weighted by atomic mass is 16.4. The second-order valence-electron chi connectivity index (χ2n) is 4.33. The fraction of sp³-hybridized carbons (Fsp3) is 0.727. The molecule has 0 saturated carbocycles. The maximum atomic E-state index is 5.74. The normalized spacial score (nSPS) is 25.6. The fourth-order valence-electron chi connectivity index (χ4n) is 2.47. The Morgan fingerprint density at radius 1 is 1.36 bits per heavy atom. The van der Waals surface area contributed by atoms with Crippen LogP contribution in [0.1, 0.15) is 36.6 Å². The third kappa shape index (κ3) is 1.46. The van der Waals surface area contributed by atoms with Crippen molar-refractivity contribution < 1.29 is 4.42 Å². The summed E-state index contributed by atoms with van der Waals surface area (Å²) in [6, 6.07) is 0.605. The lowest BCUT2D eigenvalue weighted by Crippen LogP contribution is -2.23. The highest BCUT2D eigenvalue weighted by Gasteiger charge is 2.21. The highest BCUT2D eigenvalue weighted by molar-refractivity contribution is 5.15. The molecule has 0 aromatic carbocycles. The van der Waals surface area contributed by atoms with Crippen LogP contribution in [0.25, 0.3) is 0 Å². The first-order valence-electron chi connectivity index (χ1n) is 5.62. The summed E-state index contributed by atoms with van der Waals surface area (Å²) in [5, 5.41) is 3.47. The number of nitrogens with one attached hydrogen (secondary N) is 1. The lowest BCUT2D eigenvalue weighted by molar-refractivity contribution is 0.429. The first-order valence-corrected chi connectivity index (χ1v) is 5.62. The number of hydrogen-bond donors (Lipinski definition) is 1. The van der Waals surface area contributed by atoms with Gasteiger partial charge in [0, 0.05) is 18.9 Å². The molecule has 1 aromatic heterocycles. The van der Waals surface area contributed by atoms with E-state index in [-0.39, 0.29) is 0 Å². The summed E-state index contributed by atoms with van der Waals surface area (Å²) < 4.78 is 5.74. The molecule has 1 saturated heterocycles. The third-order valence-corrected chi connectivity index (χ3v) is 3.22. The van der Waals surface area contributed by atoms with Crippen LogP contribution in [0.3, 0.4) is 0 Å². The average Bonchev–Trinajstić information content (AvgIpc) is 2.78. The molecule has 3 heteroatoms. The number of hydrogen-bond acceptors (Lipinski definition) is 3. The van der Waals surface area contributed by atoms with Gasteiger partial charge in [-0.3, -0.25) is 0 Å². The Morgan fingerprint density at radius 3 is 3.14 bits per heavy atom. The van der Waals surface area contributed by atoms with E-state index in [1.807, 2.05) is 0 Å². The molecule has 2 aliphatic rings. The highest BCUT2D eigenvalue weighted by Crippen LogP contribution is 2.23. The Hall–Kier alpha value is -0.830. The zero-order chi connectivity index (χ0) is 9.38. The van der Waals surface area contributed by atoms with Crippen molar-refractivity contribution in [2.75, 3.05) is 6.54 Å². The van der Waals surface area contributed by atoms with Crippen LogP contribution in [0.15, 0.2) is 4.42 Å². The lowest BCUT2D eigenvalue weighted by atomic mass is 10.1. The van der Waals surface area contributed by atoms with Gasteiger partial charge < -0.3 is 9.73 Å². The number of oxazole rings is 1. The van der Waals surface area contributed by atoms with Gasteiger partial charge in [0.1, 0.15) is 5.76 Å². The molecule has 1 fully saturated rings. The van der Waals surface area contributed by atoms with Crippen molar-refractivity contribution in [3.05, 3.63) is 17.3 Å². The zero-order valence-electron chi connectivity index (χ0n) is 8.38. The molecule has 0 radical (unpaired) electrons. The standard InChI is InChI=1S/C11H16N2O/c1-4-9-10(5-1)14-11(13-9)7-8-3-2-6-12-8/h8,12H,1-7H2. The molecule has 76 valence electrons. The molecule has 1 aliphatic heterocycles. The first kappa shape index (κ1) is 8.48. The maximum absolute atomic E-state index is 5.74. The van der Waals surface area contributed by atoms with Gasteiger partial charge in [0.05, 0.1) is 5.69 Å². The van der Waals surface area contributed by atoms with E-state index in [4.69, 9.17) is 4.42 Å². The van der Waals surface area contributed by atoms with Crippen LogP contribution in [-0.4, -0.2) is 17.6 Å². The molecule has 14 heavy (non-hydrogen) atoms. The van der Waals surface area contributed by atoms with Crippen LogP contribution < -0.4 is 5.32 Å². The quantitative estimate of drug-likeness (QED) is 0.771. The third-order valence-electron chi connectivity index (χ3n) is 3.22. The monoisotopic (exact) mass is 192 g/mol. The average molecular weight is 192 g/mol. The van der Waals surface area contributed by atoms with Crippen LogP contribution >= 0.6 is 0 Å². The second-order valence-corrected chi connectivity index (χ2v) is 4.33. The molecule has 1 aromatic rings. The van der Waals surface area contributed by atoms with Gasteiger partial charge in [-0.15, -0.1) is 0 Å². The van der Waals surface area contributed by atoms with Crippen molar-refractivity contribution >= 4 is 0 Å². The summed E-state index contributed by atoms with van der Waals surface area (Å²) in [6.45, 7) is 1.16. The molecule has 0 spiro atoms. The van der Waals surface area contributed by atoms with Gasteiger partial charge in [0.15, 0.2) is 5.89 Å². The Morgan fingerprint density at radius 2 is 2.36 bits per heavy atom. The number of rotatable bonds is 2. The Kier molecular flexibility index (Phi) is 2.05. The summed E-state index contributed by atoms with van der Waals surface area (Å²) in [7, 11) is 0. The molecule has 1 aliphatic carbocycles. The van der Waals surface area contributed by atoms with Crippen molar-refractivity contribution in [3.63, 3.8) is 0 Å². The topological polar surface area (TPSA) is 38.1 Å². The van der Waals surface area contributed by atoms with Crippen molar-refractivity contribution in [2.24, 2.45) is 0 Å². The Labute approximate surface area is 83.9 Å². The van der Waals surface area contributed by atoms with E-state index in [1.165, 1.54) is 25.0 Å². The number of aromatic nitrogens is 1. The SMILES string of the molecule is C1Cc2nc(CC3CCCN3)oc2C1. The summed E-state index contributed by atoms with van der Waals surface area (Å²) in [6.07, 6.45) is 6.99. The zero-order valence-corrected chi connectivity index (χ0v) is 8.38. The summed E-state index contributed by atoms with van der Waals surface area (Å²) in [4.78, 5) is 4.55. The van der Waals surface area contributed by atoms with Crippen LogP contribution in [0.4, 0.5) is 0 Å². The van der Waals surface area contributed by atoms with Crippen molar-refractivity contribution in [1.82, 2.24) is 10.3 Å². The van der Waals surface area contributed by atoms with Gasteiger partial charge in [-0.25, -0.2) is 4.98 Å². The summed E-state index contributed by atoms with van der Waals surface area (Å²) in [5.74, 6) is 2.10. The Bertz CT molecular complexity index is 305. The summed E-state index contributed by atoms with van der Waals surface area (Å²) >= 11 is 0. The van der Waals surface area contributed by atoms with Crippen molar-refractivity contribution in [2.45, 2.75) is 44.6 Å². The number of aryl methyl sites for hydroxylation is 2. The molecule has 1 unspecified atom stereocenters. The molecule has 0 bridgehead atoms. The fourth-order valence-corrected chi connectivity index (χ4v) is 2.47. The molecule has 3 nitrogen and oxygen atoms in total. The van der Waals surface area contributed by atoms with Crippen LogP contribution in [0, 0.1) is 0 Å². The molecular weight excluding hydrogens is 176 g/mol. The predicted molar refractivity (Wildman–Crippen MR) is 53.3 cm³/mol. The molecule has 1 atom stereocenters. The molecule has 3 rings (SSSR count). The second kappa shape index (κ2) is 3.39. The van der Waals surface area contributed by atoms with Crippen LogP contribution in [0.2, 0.25) is 0 Å². The van der Waals surface area contributed by atoms with E-state index in [1.54, 1.807) is 0 Å².